The minimum absolute atomic E-state index is 0.201. The van der Waals surface area contributed by atoms with Crippen LogP contribution in [-0.2, 0) is 10.0 Å². The average molecular weight is 350 g/mol. The van der Waals surface area contributed by atoms with Crippen LogP contribution in [0, 0.1) is 6.92 Å². The Morgan fingerprint density at radius 3 is 2.42 bits per heavy atom. The molecule has 1 saturated heterocycles. The molecule has 0 bridgehead atoms. The number of aryl methyl sites for hydroxylation is 1. The Labute approximate surface area is 142 Å². The number of hydrogen-bond acceptors (Lipinski definition) is 5. The molecule has 24 heavy (non-hydrogen) atoms. The van der Waals surface area contributed by atoms with E-state index in [1.807, 2.05) is 6.92 Å². The Bertz CT molecular complexity index is 806. The van der Waals surface area contributed by atoms with Crippen LogP contribution >= 0.6 is 0 Å². The van der Waals surface area contributed by atoms with Gasteiger partial charge in [-0.1, -0.05) is 18.0 Å². The monoisotopic (exact) mass is 350 g/mol. The minimum atomic E-state index is -3.56. The van der Waals surface area contributed by atoms with E-state index >= 15 is 0 Å². The molecule has 0 N–H and O–H groups in total. The van der Waals surface area contributed by atoms with Crippen molar-refractivity contribution in [1.82, 2.24) is 9.46 Å². The van der Waals surface area contributed by atoms with Crippen molar-refractivity contribution in [3.63, 3.8) is 0 Å². The third kappa shape index (κ3) is 3.32. The van der Waals surface area contributed by atoms with Gasteiger partial charge in [-0.25, -0.2) is 8.42 Å². The summed E-state index contributed by atoms with van der Waals surface area (Å²) in [5, 5.41) is 3.86. The largest absolute Gasteiger partial charge is 0.495 e. The van der Waals surface area contributed by atoms with E-state index < -0.39 is 10.0 Å². The first-order chi connectivity index (χ1) is 11.5. The maximum atomic E-state index is 13.0. The van der Waals surface area contributed by atoms with E-state index in [0.717, 1.165) is 36.9 Å². The van der Waals surface area contributed by atoms with E-state index in [9.17, 15) is 8.42 Å². The van der Waals surface area contributed by atoms with Gasteiger partial charge in [0, 0.05) is 24.7 Å². The highest BCUT2D eigenvalue weighted by molar-refractivity contribution is 7.89. The van der Waals surface area contributed by atoms with Crippen molar-refractivity contribution in [1.29, 1.82) is 0 Å². The molecule has 0 unspecified atom stereocenters. The number of aromatic nitrogens is 1. The molecule has 0 amide bonds. The summed E-state index contributed by atoms with van der Waals surface area (Å²) >= 11 is 0. The lowest BCUT2D eigenvalue weighted by molar-refractivity contribution is 0.391. The van der Waals surface area contributed by atoms with Crippen LogP contribution in [-0.4, -0.2) is 38.1 Å². The molecule has 1 aromatic carbocycles. The molecule has 0 radical (unpaired) electrons. The maximum Gasteiger partial charge on any atom is 0.246 e. The number of benzene rings is 1. The molecular formula is C17H22N2O4S. The predicted molar refractivity (Wildman–Crippen MR) is 90.5 cm³/mol. The van der Waals surface area contributed by atoms with Crippen LogP contribution in [0.15, 0.2) is 33.7 Å². The van der Waals surface area contributed by atoms with Crippen LogP contribution in [0.3, 0.4) is 0 Å². The van der Waals surface area contributed by atoms with E-state index in [1.54, 1.807) is 28.6 Å². The van der Waals surface area contributed by atoms with Crippen LogP contribution in [0.1, 0.15) is 31.4 Å². The third-order valence-corrected chi connectivity index (χ3v) is 6.20. The van der Waals surface area contributed by atoms with Gasteiger partial charge in [-0.2, -0.15) is 4.31 Å². The zero-order valence-electron chi connectivity index (χ0n) is 14.0. The van der Waals surface area contributed by atoms with Crippen molar-refractivity contribution < 1.29 is 17.7 Å². The number of sulfonamides is 1. The topological polar surface area (TPSA) is 72.6 Å². The molecular weight excluding hydrogens is 328 g/mol. The zero-order chi connectivity index (χ0) is 17.2. The number of ether oxygens (including phenoxy) is 1. The highest BCUT2D eigenvalue weighted by atomic mass is 32.2. The van der Waals surface area contributed by atoms with Gasteiger partial charge in [0.15, 0.2) is 5.76 Å². The molecule has 0 saturated carbocycles. The van der Waals surface area contributed by atoms with Crippen molar-refractivity contribution in [3.05, 3.63) is 30.0 Å². The smallest absolute Gasteiger partial charge is 0.246 e. The fourth-order valence-electron chi connectivity index (χ4n) is 2.95. The minimum Gasteiger partial charge on any atom is -0.495 e. The van der Waals surface area contributed by atoms with Gasteiger partial charge in [0.1, 0.15) is 10.6 Å². The van der Waals surface area contributed by atoms with Crippen molar-refractivity contribution in [2.24, 2.45) is 0 Å². The van der Waals surface area contributed by atoms with Crippen molar-refractivity contribution >= 4 is 10.0 Å². The lowest BCUT2D eigenvalue weighted by atomic mass is 10.1. The van der Waals surface area contributed by atoms with Gasteiger partial charge in [0.25, 0.3) is 0 Å². The van der Waals surface area contributed by atoms with Gasteiger partial charge in [-0.15, -0.1) is 0 Å². The Kier molecular flexibility index (Phi) is 4.91. The summed E-state index contributed by atoms with van der Waals surface area (Å²) < 4.78 is 38.1. The molecule has 2 aromatic rings. The Hall–Kier alpha value is -1.86. The Morgan fingerprint density at radius 1 is 1.12 bits per heavy atom. The van der Waals surface area contributed by atoms with E-state index in [0.29, 0.717) is 24.6 Å². The molecule has 0 aliphatic carbocycles. The molecule has 0 spiro atoms. The average Bonchev–Trinajstić information content (AvgIpc) is 2.84. The summed E-state index contributed by atoms with van der Waals surface area (Å²) in [7, 11) is -2.08. The van der Waals surface area contributed by atoms with Crippen LogP contribution in [0.4, 0.5) is 0 Å². The summed E-state index contributed by atoms with van der Waals surface area (Å²) in [6.45, 7) is 2.96. The van der Waals surface area contributed by atoms with Crippen molar-refractivity contribution in [2.45, 2.75) is 37.5 Å². The van der Waals surface area contributed by atoms with E-state index in [1.165, 1.54) is 7.11 Å². The maximum absolute atomic E-state index is 13.0. The van der Waals surface area contributed by atoms with E-state index in [-0.39, 0.29) is 4.90 Å². The van der Waals surface area contributed by atoms with Crippen LogP contribution in [0.25, 0.3) is 11.3 Å². The summed E-state index contributed by atoms with van der Waals surface area (Å²) in [5.41, 5.74) is 1.51. The second-order valence-electron chi connectivity index (χ2n) is 6.02. The quantitative estimate of drug-likeness (QED) is 0.846. The normalized spacial score (nSPS) is 16.8. The molecule has 1 fully saturated rings. The summed E-state index contributed by atoms with van der Waals surface area (Å²) in [6, 6.07) is 6.81. The fourth-order valence-corrected chi connectivity index (χ4v) is 4.61. The molecule has 3 rings (SSSR count). The summed E-state index contributed by atoms with van der Waals surface area (Å²) in [5.74, 6) is 0.912. The SMILES string of the molecule is COc1cc(-c2cc(C)no2)ccc1S(=O)(=O)N1CCCCCC1. The Balaban J connectivity index is 1.98. The van der Waals surface area contributed by atoms with Gasteiger partial charge in [0.05, 0.1) is 12.8 Å². The third-order valence-electron chi connectivity index (χ3n) is 4.26. The number of hydrogen-bond donors (Lipinski definition) is 0. The molecule has 2 heterocycles. The van der Waals surface area contributed by atoms with Crippen LogP contribution in [0.2, 0.25) is 0 Å². The molecule has 0 atom stereocenters. The number of rotatable bonds is 4. The van der Waals surface area contributed by atoms with Gasteiger partial charge in [-0.3, -0.25) is 0 Å². The molecule has 6 nitrogen and oxygen atoms in total. The molecule has 7 heteroatoms. The molecule has 130 valence electrons. The van der Waals surface area contributed by atoms with E-state index in [4.69, 9.17) is 9.26 Å². The van der Waals surface area contributed by atoms with Crippen LogP contribution < -0.4 is 4.74 Å². The summed E-state index contributed by atoms with van der Waals surface area (Å²) in [6.07, 6.45) is 3.95. The second-order valence-corrected chi connectivity index (χ2v) is 7.92. The van der Waals surface area contributed by atoms with E-state index in [2.05, 4.69) is 5.16 Å². The second kappa shape index (κ2) is 6.94. The van der Waals surface area contributed by atoms with Gasteiger partial charge < -0.3 is 9.26 Å². The summed E-state index contributed by atoms with van der Waals surface area (Å²) in [4.78, 5) is 0.201. The fraction of sp³-hybridized carbons (Fsp3) is 0.471. The lowest BCUT2D eigenvalue weighted by Gasteiger charge is -2.21. The van der Waals surface area contributed by atoms with Gasteiger partial charge >= 0.3 is 0 Å². The standard InChI is InChI=1S/C17H22N2O4S/c1-13-11-15(23-18-13)14-7-8-17(16(12-14)22-2)24(20,21)19-9-5-3-4-6-10-19/h7-8,11-12H,3-6,9-10H2,1-2H3. The van der Waals surface area contributed by atoms with Gasteiger partial charge in [0.2, 0.25) is 10.0 Å². The Morgan fingerprint density at radius 2 is 1.83 bits per heavy atom. The molecule has 1 aliphatic heterocycles. The number of nitrogens with zero attached hydrogens (tertiary/aromatic N) is 2. The first kappa shape index (κ1) is 17.0. The molecule has 1 aliphatic rings. The van der Waals surface area contributed by atoms with Gasteiger partial charge in [-0.05, 0) is 38.0 Å². The first-order valence-electron chi connectivity index (χ1n) is 8.14. The highest BCUT2D eigenvalue weighted by Gasteiger charge is 2.28. The lowest BCUT2D eigenvalue weighted by Crippen LogP contribution is -2.32. The number of methoxy groups -OCH3 is 1. The first-order valence-corrected chi connectivity index (χ1v) is 9.58. The van der Waals surface area contributed by atoms with Crippen LogP contribution in [0.5, 0.6) is 5.75 Å². The van der Waals surface area contributed by atoms with Crippen molar-refractivity contribution in [2.75, 3.05) is 20.2 Å². The molecule has 1 aromatic heterocycles. The van der Waals surface area contributed by atoms with Crippen molar-refractivity contribution in [3.8, 4) is 17.1 Å². The predicted octanol–water partition coefficient (Wildman–Crippen LogP) is 3.22. The zero-order valence-corrected chi connectivity index (χ0v) is 14.8. The highest BCUT2D eigenvalue weighted by Crippen LogP contribution is 2.32.